The molecule has 47 heavy (non-hydrogen) atoms. The van der Waals surface area contributed by atoms with Gasteiger partial charge in [-0.2, -0.15) is 0 Å². The number of piperidine rings is 1. The van der Waals surface area contributed by atoms with Gasteiger partial charge in [-0.05, 0) is 61.9 Å². The van der Waals surface area contributed by atoms with Crippen LogP contribution in [0.2, 0.25) is 5.02 Å². The molecular weight excluding hydrogens is 625 g/mol. The van der Waals surface area contributed by atoms with E-state index < -0.39 is 40.5 Å². The molecule has 250 valence electrons. The Balaban J connectivity index is 1.31. The van der Waals surface area contributed by atoms with Crippen LogP contribution in [0.3, 0.4) is 0 Å². The summed E-state index contributed by atoms with van der Waals surface area (Å²) in [6.07, 6.45) is 2.08. The van der Waals surface area contributed by atoms with Crippen LogP contribution < -0.4 is 9.64 Å². The number of aromatic nitrogens is 1. The molecule has 2 aromatic carbocycles. The summed E-state index contributed by atoms with van der Waals surface area (Å²) < 4.78 is 21.8. The van der Waals surface area contributed by atoms with Crippen molar-refractivity contribution in [2.75, 3.05) is 24.6 Å². The number of carboxylic acid groups (broad SMARTS) is 1. The van der Waals surface area contributed by atoms with Gasteiger partial charge in [0, 0.05) is 37.3 Å². The first-order valence-electron chi connectivity index (χ1n) is 15.8. The number of anilines is 1. The van der Waals surface area contributed by atoms with Crippen LogP contribution in [0.5, 0.6) is 5.75 Å². The Kier molecular flexibility index (Phi) is 9.67. The minimum absolute atomic E-state index is 0.0686. The number of rotatable bonds is 8. The van der Waals surface area contributed by atoms with E-state index in [0.717, 1.165) is 0 Å². The Labute approximate surface area is 279 Å². The van der Waals surface area contributed by atoms with Crippen LogP contribution in [-0.2, 0) is 16.0 Å². The number of aliphatic carboxylic acids is 1. The van der Waals surface area contributed by atoms with E-state index in [4.69, 9.17) is 16.3 Å². The average molecular weight is 666 g/mol. The highest BCUT2D eigenvalue weighted by Gasteiger charge is 2.46. The monoisotopic (exact) mass is 665 g/mol. The molecular formula is C36H41ClFN3O6. The SMILES string of the molecule is C[C@@H](Oc1ccccc1-c1ccc(C(=O)N2CCC(N3C(=O)C(C)(CO)Cc4ncc(Cl)cc43)CC2)c(F)c1)C(C(=O)O)C(C)(C)C. The summed E-state index contributed by atoms with van der Waals surface area (Å²) >= 11 is 6.24. The number of aliphatic hydroxyl groups excluding tert-OH is 1. The number of benzene rings is 2. The number of nitrogens with zero attached hydrogens (tertiary/aromatic N) is 3. The lowest BCUT2D eigenvalue weighted by atomic mass is 9.77. The van der Waals surface area contributed by atoms with Crippen molar-refractivity contribution in [3.05, 3.63) is 76.8 Å². The third kappa shape index (κ3) is 6.85. The van der Waals surface area contributed by atoms with E-state index in [1.54, 1.807) is 60.0 Å². The summed E-state index contributed by atoms with van der Waals surface area (Å²) in [6, 6.07) is 12.9. The zero-order valence-corrected chi connectivity index (χ0v) is 28.1. The molecule has 2 aliphatic rings. The van der Waals surface area contributed by atoms with Gasteiger partial charge in [-0.3, -0.25) is 19.4 Å². The van der Waals surface area contributed by atoms with E-state index in [-0.39, 0.29) is 24.1 Å². The zero-order valence-electron chi connectivity index (χ0n) is 27.3. The van der Waals surface area contributed by atoms with Crippen molar-refractivity contribution in [3.63, 3.8) is 0 Å². The average Bonchev–Trinajstić information content (AvgIpc) is 3.01. The molecule has 9 nitrogen and oxygen atoms in total. The molecule has 0 radical (unpaired) electrons. The number of para-hydroxylation sites is 1. The van der Waals surface area contributed by atoms with Crippen molar-refractivity contribution in [1.82, 2.24) is 9.88 Å². The summed E-state index contributed by atoms with van der Waals surface area (Å²) in [5, 5.41) is 20.3. The lowest BCUT2D eigenvalue weighted by molar-refractivity contribution is -0.149. The van der Waals surface area contributed by atoms with Gasteiger partial charge < -0.3 is 24.7 Å². The summed E-state index contributed by atoms with van der Waals surface area (Å²) in [6.45, 7) is 9.25. The Morgan fingerprint density at radius 2 is 1.83 bits per heavy atom. The van der Waals surface area contributed by atoms with E-state index in [9.17, 15) is 24.6 Å². The highest BCUT2D eigenvalue weighted by molar-refractivity contribution is 6.30. The summed E-state index contributed by atoms with van der Waals surface area (Å²) in [5.74, 6) is -2.67. The lowest BCUT2D eigenvalue weighted by Gasteiger charge is -2.45. The summed E-state index contributed by atoms with van der Waals surface area (Å²) in [4.78, 5) is 46.8. The molecule has 2 unspecified atom stereocenters. The van der Waals surface area contributed by atoms with Crippen molar-refractivity contribution in [3.8, 4) is 16.9 Å². The van der Waals surface area contributed by atoms with Crippen LogP contribution >= 0.6 is 11.6 Å². The molecule has 0 saturated carbocycles. The number of fused-ring (bicyclic) bond motifs is 1. The van der Waals surface area contributed by atoms with Crippen LogP contribution in [0.4, 0.5) is 10.1 Å². The minimum Gasteiger partial charge on any atom is -0.489 e. The quantitative estimate of drug-likeness (QED) is 0.292. The number of carbonyl (C=O) groups is 3. The molecule has 5 rings (SSSR count). The van der Waals surface area contributed by atoms with E-state index >= 15 is 4.39 Å². The molecule has 3 heterocycles. The first-order chi connectivity index (χ1) is 22.1. The van der Waals surface area contributed by atoms with Gasteiger partial charge in [-0.25, -0.2) is 4.39 Å². The van der Waals surface area contributed by atoms with Crippen LogP contribution in [0.15, 0.2) is 54.7 Å². The van der Waals surface area contributed by atoms with Crippen LogP contribution in [-0.4, -0.2) is 69.7 Å². The molecule has 3 aromatic rings. The largest absolute Gasteiger partial charge is 0.489 e. The number of halogens is 2. The number of ether oxygens (including phenoxy) is 1. The molecule has 0 aliphatic carbocycles. The number of pyridine rings is 1. The second-order valence-corrected chi connectivity index (χ2v) is 14.3. The smallest absolute Gasteiger partial charge is 0.310 e. The lowest BCUT2D eigenvalue weighted by Crippen LogP contribution is -2.56. The predicted octanol–water partition coefficient (Wildman–Crippen LogP) is 6.25. The molecule has 2 N–H and O–H groups in total. The number of likely N-dealkylation sites (tertiary alicyclic amines) is 1. The topological polar surface area (TPSA) is 120 Å². The van der Waals surface area contributed by atoms with Gasteiger partial charge in [0.25, 0.3) is 5.91 Å². The zero-order chi connectivity index (χ0) is 34.3. The molecule has 1 fully saturated rings. The minimum atomic E-state index is -1.02. The van der Waals surface area contributed by atoms with Gasteiger partial charge in [0.15, 0.2) is 0 Å². The Hall–Kier alpha value is -4.02. The van der Waals surface area contributed by atoms with E-state index in [2.05, 4.69) is 4.98 Å². The molecule has 1 aromatic heterocycles. The van der Waals surface area contributed by atoms with Crippen LogP contribution in [0, 0.1) is 22.6 Å². The van der Waals surface area contributed by atoms with Gasteiger partial charge >= 0.3 is 5.97 Å². The van der Waals surface area contributed by atoms with Crippen LogP contribution in [0.25, 0.3) is 11.1 Å². The third-order valence-electron chi connectivity index (χ3n) is 9.31. The highest BCUT2D eigenvalue weighted by atomic mass is 35.5. The Morgan fingerprint density at radius 1 is 1.15 bits per heavy atom. The van der Waals surface area contributed by atoms with E-state index in [1.165, 1.54) is 18.3 Å². The van der Waals surface area contributed by atoms with Gasteiger partial charge in [-0.15, -0.1) is 0 Å². The molecule has 0 bridgehead atoms. The van der Waals surface area contributed by atoms with Crippen LogP contribution in [0.1, 0.15) is 63.5 Å². The Morgan fingerprint density at radius 3 is 2.45 bits per heavy atom. The van der Waals surface area contributed by atoms with E-state index in [0.29, 0.717) is 65.6 Å². The maximum atomic E-state index is 15.6. The third-order valence-corrected chi connectivity index (χ3v) is 9.52. The van der Waals surface area contributed by atoms with Gasteiger partial charge in [0.1, 0.15) is 17.7 Å². The molecule has 11 heteroatoms. The van der Waals surface area contributed by atoms with Crippen molar-refractivity contribution in [2.45, 2.75) is 66.0 Å². The van der Waals surface area contributed by atoms with Gasteiger partial charge in [-0.1, -0.05) is 56.6 Å². The maximum absolute atomic E-state index is 15.6. The second kappa shape index (κ2) is 13.2. The number of aliphatic hydroxyl groups is 1. The van der Waals surface area contributed by atoms with Gasteiger partial charge in [0.2, 0.25) is 5.91 Å². The molecule has 2 amide bonds. The molecule has 1 saturated heterocycles. The predicted molar refractivity (Wildman–Crippen MR) is 177 cm³/mol. The maximum Gasteiger partial charge on any atom is 0.310 e. The number of amides is 2. The number of hydrogen-bond acceptors (Lipinski definition) is 6. The second-order valence-electron chi connectivity index (χ2n) is 13.9. The normalized spacial score (nSPS) is 20.0. The first kappa shape index (κ1) is 34.3. The van der Waals surface area contributed by atoms with Crippen molar-refractivity contribution >= 4 is 35.1 Å². The number of carbonyl (C=O) groups excluding carboxylic acids is 2. The fraction of sp³-hybridized carbons (Fsp3) is 0.444. The van der Waals surface area contributed by atoms with E-state index in [1.807, 2.05) is 20.8 Å². The standard InChI is InChI=1S/C36H41ClFN3O6/c1-21(31(33(44)45)35(2,3)4)47-30-9-7-6-8-25(30)22-10-11-26(27(38)16-22)32(43)40-14-12-24(13-15-40)41-29-17-23(37)19-39-28(29)18-36(5,20-42)34(41)46/h6-11,16-17,19,21,24,31,42H,12-15,18,20H2,1-5H3,(H,44,45)/t21-,31?,36?/m1/s1. The van der Waals surface area contributed by atoms with Crippen molar-refractivity contribution in [1.29, 1.82) is 0 Å². The number of hydrogen-bond donors (Lipinski definition) is 2. The highest BCUT2D eigenvalue weighted by Crippen LogP contribution is 2.41. The Bertz CT molecular complexity index is 1690. The fourth-order valence-electron chi connectivity index (χ4n) is 6.84. The molecule has 2 aliphatic heterocycles. The first-order valence-corrected chi connectivity index (χ1v) is 16.2. The molecule has 3 atom stereocenters. The fourth-order valence-corrected chi connectivity index (χ4v) is 6.99. The number of carboxylic acids is 1. The van der Waals surface area contributed by atoms with Gasteiger partial charge in [0.05, 0.1) is 39.9 Å². The summed E-state index contributed by atoms with van der Waals surface area (Å²) in [7, 11) is 0. The summed E-state index contributed by atoms with van der Waals surface area (Å²) in [5.41, 5.74) is 0.732. The van der Waals surface area contributed by atoms with Crippen molar-refractivity contribution in [2.24, 2.45) is 16.7 Å². The van der Waals surface area contributed by atoms with Crippen molar-refractivity contribution < 1.29 is 33.7 Å². The molecule has 0 spiro atoms.